The molecule has 2 aromatic rings. The van der Waals surface area contributed by atoms with Gasteiger partial charge in [-0.3, -0.25) is 4.79 Å². The second-order valence-corrected chi connectivity index (χ2v) is 9.24. The molecule has 3 rings (SSSR count). The quantitative estimate of drug-likeness (QED) is 0.543. The Kier molecular flexibility index (Phi) is 6.32. The van der Waals surface area contributed by atoms with E-state index >= 15 is 0 Å². The minimum atomic E-state index is -3.78. The molecule has 152 valence electrons. The van der Waals surface area contributed by atoms with Gasteiger partial charge in [-0.2, -0.15) is 0 Å². The fraction of sp³-hybridized carbons (Fsp3) is 0.111. The topological polar surface area (TPSA) is 131 Å². The number of nitrogens with one attached hydrogen (secondary N) is 1. The number of primary sulfonamides is 1. The van der Waals surface area contributed by atoms with Crippen molar-refractivity contribution in [2.24, 2.45) is 10.1 Å². The van der Waals surface area contributed by atoms with Crippen molar-refractivity contribution >= 4 is 60.6 Å². The Hall–Kier alpha value is -2.34. The Morgan fingerprint density at radius 2 is 2.00 bits per heavy atom. The molecule has 29 heavy (non-hydrogen) atoms. The van der Waals surface area contributed by atoms with E-state index in [-0.39, 0.29) is 16.6 Å². The van der Waals surface area contributed by atoms with Crippen molar-refractivity contribution in [1.29, 1.82) is 0 Å². The molecular formula is C18H16BrN3O5S2. The third-order valence-corrected chi connectivity index (χ3v) is 6.24. The standard InChI is InChI=1S/C18H16BrN3O5S2/c1-2-27-15-7-10(13(19)9-14(15)23)8-16-17(24)22-18(28-16)21-11-3-5-12(6-4-11)29(20,25)26/h3-9,23H,2H2,1H3,(H2,20,25,26)(H,21,22,24). The number of sulfonamides is 1. The van der Waals surface area contributed by atoms with Gasteiger partial charge in [0.15, 0.2) is 16.7 Å². The van der Waals surface area contributed by atoms with Crippen molar-refractivity contribution < 1.29 is 23.1 Å². The fourth-order valence-electron chi connectivity index (χ4n) is 2.39. The molecule has 1 fully saturated rings. The van der Waals surface area contributed by atoms with E-state index < -0.39 is 10.0 Å². The van der Waals surface area contributed by atoms with E-state index in [1.807, 2.05) is 0 Å². The molecule has 0 atom stereocenters. The van der Waals surface area contributed by atoms with Crippen molar-refractivity contribution in [2.45, 2.75) is 11.8 Å². The van der Waals surface area contributed by atoms with Crippen molar-refractivity contribution in [2.75, 3.05) is 6.61 Å². The number of rotatable bonds is 5. The number of aliphatic imine (C=N–C) groups is 1. The highest BCUT2D eigenvalue weighted by atomic mass is 79.9. The van der Waals surface area contributed by atoms with E-state index in [1.165, 1.54) is 30.3 Å². The number of ether oxygens (including phenoxy) is 1. The van der Waals surface area contributed by atoms with Gasteiger partial charge < -0.3 is 15.2 Å². The third-order valence-electron chi connectivity index (χ3n) is 3.71. The number of phenolic OH excluding ortho intramolecular Hbond substituents is 1. The summed E-state index contributed by atoms with van der Waals surface area (Å²) in [5.41, 5.74) is 1.12. The Morgan fingerprint density at radius 1 is 1.31 bits per heavy atom. The zero-order valence-corrected chi connectivity index (χ0v) is 18.3. The molecule has 11 heteroatoms. The lowest BCUT2D eigenvalue weighted by atomic mass is 10.2. The van der Waals surface area contributed by atoms with Gasteiger partial charge in [0.2, 0.25) is 10.0 Å². The number of halogens is 1. The first-order valence-corrected chi connectivity index (χ1v) is 11.4. The van der Waals surface area contributed by atoms with Crippen LogP contribution in [0.3, 0.4) is 0 Å². The molecule has 0 spiro atoms. The number of amidine groups is 1. The number of benzene rings is 2. The normalized spacial score (nSPS) is 17.0. The molecule has 0 saturated carbocycles. The molecule has 4 N–H and O–H groups in total. The van der Waals surface area contributed by atoms with Gasteiger partial charge in [0.05, 0.1) is 22.1 Å². The van der Waals surface area contributed by atoms with Crippen LogP contribution in [0.1, 0.15) is 12.5 Å². The number of amides is 1. The first-order chi connectivity index (χ1) is 13.7. The predicted molar refractivity (Wildman–Crippen MR) is 116 cm³/mol. The average molecular weight is 498 g/mol. The van der Waals surface area contributed by atoms with Gasteiger partial charge in [0.25, 0.3) is 5.91 Å². The minimum absolute atomic E-state index is 0.00501. The van der Waals surface area contributed by atoms with Gasteiger partial charge in [0.1, 0.15) is 0 Å². The first-order valence-electron chi connectivity index (χ1n) is 8.25. The lowest BCUT2D eigenvalue weighted by Crippen LogP contribution is -2.19. The highest BCUT2D eigenvalue weighted by Crippen LogP contribution is 2.36. The maximum atomic E-state index is 12.3. The molecule has 0 aromatic heterocycles. The molecule has 0 radical (unpaired) electrons. The molecule has 1 aliphatic rings. The summed E-state index contributed by atoms with van der Waals surface area (Å²) < 4.78 is 28.6. The number of hydrogen-bond donors (Lipinski definition) is 3. The van der Waals surface area contributed by atoms with Crippen LogP contribution < -0.4 is 15.2 Å². The zero-order valence-electron chi connectivity index (χ0n) is 15.0. The Bertz CT molecular complexity index is 1130. The van der Waals surface area contributed by atoms with Crippen LogP contribution in [0.5, 0.6) is 11.5 Å². The molecule has 1 saturated heterocycles. The largest absolute Gasteiger partial charge is 0.504 e. The predicted octanol–water partition coefficient (Wildman–Crippen LogP) is 3.09. The first kappa shape index (κ1) is 21.4. The molecule has 2 aromatic carbocycles. The number of aromatic hydroxyl groups is 1. The highest BCUT2D eigenvalue weighted by Gasteiger charge is 2.24. The van der Waals surface area contributed by atoms with E-state index in [0.29, 0.717) is 38.2 Å². The SMILES string of the molecule is CCOc1cc(C=C2SC(=Nc3ccc(S(N)(=O)=O)cc3)NC2=O)c(Br)cc1O. The summed E-state index contributed by atoms with van der Waals surface area (Å²) in [6.45, 7) is 2.19. The number of nitrogens with zero attached hydrogens (tertiary/aromatic N) is 1. The van der Waals surface area contributed by atoms with E-state index in [1.54, 1.807) is 19.1 Å². The second-order valence-electron chi connectivity index (χ2n) is 5.80. The van der Waals surface area contributed by atoms with Crippen molar-refractivity contribution in [3.05, 3.63) is 51.3 Å². The summed E-state index contributed by atoms with van der Waals surface area (Å²) in [6.07, 6.45) is 1.65. The van der Waals surface area contributed by atoms with Gasteiger partial charge in [0, 0.05) is 4.47 Å². The molecule has 0 bridgehead atoms. The van der Waals surface area contributed by atoms with Crippen LogP contribution in [-0.4, -0.2) is 31.2 Å². The smallest absolute Gasteiger partial charge is 0.264 e. The van der Waals surface area contributed by atoms with Crippen LogP contribution in [0.4, 0.5) is 5.69 Å². The molecular weight excluding hydrogens is 482 g/mol. The van der Waals surface area contributed by atoms with Gasteiger partial charge in [-0.1, -0.05) is 15.9 Å². The van der Waals surface area contributed by atoms with E-state index in [0.717, 1.165) is 11.8 Å². The number of carbonyl (C=O) groups is 1. The number of carbonyl (C=O) groups excluding carboxylic acids is 1. The van der Waals surface area contributed by atoms with Crippen LogP contribution in [0.15, 0.2) is 55.7 Å². The monoisotopic (exact) mass is 497 g/mol. The number of thioether (sulfide) groups is 1. The zero-order chi connectivity index (χ0) is 21.2. The minimum Gasteiger partial charge on any atom is -0.504 e. The molecule has 8 nitrogen and oxygen atoms in total. The Labute approximate surface area is 180 Å². The van der Waals surface area contributed by atoms with E-state index in [2.05, 4.69) is 26.2 Å². The molecule has 0 aliphatic carbocycles. The molecule has 1 aliphatic heterocycles. The van der Waals surface area contributed by atoms with Crippen LogP contribution in [0.25, 0.3) is 6.08 Å². The molecule has 1 amide bonds. The number of phenols is 1. The maximum absolute atomic E-state index is 12.3. The molecule has 1 heterocycles. The summed E-state index contributed by atoms with van der Waals surface area (Å²) >= 11 is 4.49. The lowest BCUT2D eigenvalue weighted by Gasteiger charge is -2.08. The summed E-state index contributed by atoms with van der Waals surface area (Å²) in [6, 6.07) is 8.80. The van der Waals surface area contributed by atoms with Crippen molar-refractivity contribution in [3.63, 3.8) is 0 Å². The average Bonchev–Trinajstić information content (AvgIpc) is 2.98. The second kappa shape index (κ2) is 8.57. The van der Waals surface area contributed by atoms with Crippen LogP contribution in [0, 0.1) is 0 Å². The highest BCUT2D eigenvalue weighted by molar-refractivity contribution is 9.10. The third kappa shape index (κ3) is 5.18. The van der Waals surface area contributed by atoms with Crippen LogP contribution >= 0.6 is 27.7 Å². The van der Waals surface area contributed by atoms with E-state index in [4.69, 9.17) is 9.88 Å². The summed E-state index contributed by atoms with van der Waals surface area (Å²) in [5, 5.41) is 18.0. The van der Waals surface area contributed by atoms with Crippen molar-refractivity contribution in [1.82, 2.24) is 5.32 Å². The van der Waals surface area contributed by atoms with E-state index in [9.17, 15) is 18.3 Å². The Balaban J connectivity index is 1.85. The number of nitrogens with two attached hydrogens (primary N) is 1. The van der Waals surface area contributed by atoms with Crippen LogP contribution in [-0.2, 0) is 14.8 Å². The lowest BCUT2D eigenvalue weighted by molar-refractivity contribution is -0.115. The van der Waals surface area contributed by atoms with Crippen LogP contribution in [0.2, 0.25) is 0 Å². The summed E-state index contributed by atoms with van der Waals surface area (Å²) in [7, 11) is -3.78. The van der Waals surface area contributed by atoms with Gasteiger partial charge in [-0.15, -0.1) is 0 Å². The van der Waals surface area contributed by atoms with Crippen molar-refractivity contribution in [3.8, 4) is 11.5 Å². The van der Waals surface area contributed by atoms with Gasteiger partial charge in [-0.25, -0.2) is 18.5 Å². The summed E-state index contributed by atoms with van der Waals surface area (Å²) in [5.74, 6) is -0.0165. The molecule has 0 unspecified atom stereocenters. The number of hydrogen-bond acceptors (Lipinski definition) is 7. The fourth-order valence-corrected chi connectivity index (χ4v) is 4.18. The van der Waals surface area contributed by atoms with Gasteiger partial charge in [-0.05, 0) is 66.7 Å². The van der Waals surface area contributed by atoms with Gasteiger partial charge >= 0.3 is 0 Å². The summed E-state index contributed by atoms with van der Waals surface area (Å²) in [4.78, 5) is 17.0. The Morgan fingerprint density at radius 3 is 2.62 bits per heavy atom. The maximum Gasteiger partial charge on any atom is 0.264 e.